The van der Waals surface area contributed by atoms with Crippen LogP contribution in [0.5, 0.6) is 5.75 Å². The van der Waals surface area contributed by atoms with Crippen molar-refractivity contribution in [1.29, 1.82) is 0 Å². The molecule has 0 aliphatic rings. The molecule has 0 bridgehead atoms. The minimum Gasteiger partial charge on any atom is -0.461 e. The summed E-state index contributed by atoms with van der Waals surface area (Å²) in [4.78, 5) is 20.9. The van der Waals surface area contributed by atoms with Crippen LogP contribution in [0.25, 0.3) is 22.1 Å². The number of rotatable bonds is 6. The van der Waals surface area contributed by atoms with Crippen LogP contribution in [0.15, 0.2) is 71.7 Å². The lowest BCUT2D eigenvalue weighted by molar-refractivity contribution is 0.0860. The molecule has 0 aliphatic carbocycles. The van der Waals surface area contributed by atoms with Crippen molar-refractivity contribution in [2.45, 2.75) is 19.7 Å². The molecule has 4 rings (SSSR count). The molecule has 140 valence electrons. The zero-order valence-corrected chi connectivity index (χ0v) is 15.1. The molecule has 0 spiro atoms. The van der Waals surface area contributed by atoms with Crippen LogP contribution >= 0.6 is 0 Å². The number of carbonyl (C=O) groups excluding carboxylic acids is 1. The second-order valence-electron chi connectivity index (χ2n) is 6.39. The van der Waals surface area contributed by atoms with Crippen molar-refractivity contribution >= 4 is 16.6 Å². The fourth-order valence-corrected chi connectivity index (χ4v) is 2.97. The maximum Gasteiger partial charge on any atom is 0.235 e. The Morgan fingerprint density at radius 3 is 2.64 bits per heavy atom. The predicted molar refractivity (Wildman–Crippen MR) is 103 cm³/mol. The number of carbonyl (C=O) groups is 1. The quantitative estimate of drug-likeness (QED) is 0.443. The normalized spacial score (nSPS) is 12.1. The van der Waals surface area contributed by atoms with E-state index in [9.17, 15) is 9.18 Å². The monoisotopic (exact) mass is 376 g/mol. The van der Waals surface area contributed by atoms with Gasteiger partial charge in [0.1, 0.15) is 5.75 Å². The highest BCUT2D eigenvalue weighted by Crippen LogP contribution is 2.24. The number of hydrogen-bond acceptors (Lipinski definition) is 5. The molecular formula is C22H17FN2O3. The third-order valence-corrected chi connectivity index (χ3v) is 4.31. The Kier molecular flexibility index (Phi) is 4.85. The van der Waals surface area contributed by atoms with Gasteiger partial charge >= 0.3 is 0 Å². The van der Waals surface area contributed by atoms with Crippen LogP contribution in [-0.2, 0) is 6.42 Å². The molecule has 0 N–H and O–H groups in total. The molecule has 1 unspecified atom stereocenters. The van der Waals surface area contributed by atoms with Gasteiger partial charge in [-0.15, -0.1) is 0 Å². The minimum absolute atomic E-state index is 0.0712. The Labute approximate surface area is 160 Å². The molecule has 0 saturated carbocycles. The number of fused-ring (bicyclic) bond motifs is 1. The van der Waals surface area contributed by atoms with Gasteiger partial charge in [0.25, 0.3) is 0 Å². The third kappa shape index (κ3) is 3.91. The first-order valence-electron chi connectivity index (χ1n) is 8.80. The molecule has 1 atom stereocenters. The average molecular weight is 376 g/mol. The first-order chi connectivity index (χ1) is 13.6. The summed E-state index contributed by atoms with van der Waals surface area (Å²) in [6.07, 6.45) is 3.57. The number of nitrogens with zero attached hydrogens (tertiary/aromatic N) is 2. The van der Waals surface area contributed by atoms with E-state index in [2.05, 4.69) is 9.97 Å². The summed E-state index contributed by atoms with van der Waals surface area (Å²) < 4.78 is 23.2. The van der Waals surface area contributed by atoms with Crippen molar-refractivity contribution in [2.24, 2.45) is 0 Å². The zero-order chi connectivity index (χ0) is 19.5. The molecular weight excluding hydrogens is 359 g/mol. The molecule has 2 heterocycles. The number of pyridine rings is 1. The van der Waals surface area contributed by atoms with Gasteiger partial charge in [-0.3, -0.25) is 9.78 Å². The van der Waals surface area contributed by atoms with Crippen LogP contribution in [0.3, 0.4) is 0 Å². The van der Waals surface area contributed by atoms with E-state index >= 15 is 0 Å². The molecule has 0 aliphatic heterocycles. The number of aromatic nitrogens is 2. The molecule has 28 heavy (non-hydrogen) atoms. The van der Waals surface area contributed by atoms with Crippen LogP contribution in [0.4, 0.5) is 4.39 Å². The Bertz CT molecular complexity index is 1110. The van der Waals surface area contributed by atoms with Gasteiger partial charge in [-0.25, -0.2) is 9.37 Å². The van der Waals surface area contributed by atoms with Crippen molar-refractivity contribution < 1.29 is 18.3 Å². The van der Waals surface area contributed by atoms with Crippen molar-refractivity contribution in [1.82, 2.24) is 9.97 Å². The first-order valence-corrected chi connectivity index (χ1v) is 8.80. The van der Waals surface area contributed by atoms with Gasteiger partial charge in [-0.1, -0.05) is 12.1 Å². The highest BCUT2D eigenvalue weighted by atomic mass is 19.1. The Hall–Kier alpha value is -3.54. The maximum atomic E-state index is 12.9. The summed E-state index contributed by atoms with van der Waals surface area (Å²) in [5.74, 6) is 0.995. The smallest absolute Gasteiger partial charge is 0.235 e. The second kappa shape index (κ2) is 7.60. The SMILES string of the molecule is CC(F)Oc1ccc(C(=O)Cc2cc3cc(-c4cnco4)ccc3cn2)cc1. The highest BCUT2D eigenvalue weighted by Gasteiger charge is 2.11. The summed E-state index contributed by atoms with van der Waals surface area (Å²) in [6.45, 7) is 1.30. The van der Waals surface area contributed by atoms with Gasteiger partial charge in [0.15, 0.2) is 17.9 Å². The topological polar surface area (TPSA) is 65.2 Å². The van der Waals surface area contributed by atoms with Gasteiger partial charge in [0, 0.05) is 35.3 Å². The number of oxazole rings is 1. The summed E-state index contributed by atoms with van der Waals surface area (Å²) in [5.41, 5.74) is 2.10. The number of benzene rings is 2. The van der Waals surface area contributed by atoms with E-state index < -0.39 is 6.36 Å². The molecule has 5 nitrogen and oxygen atoms in total. The number of ether oxygens (including phenoxy) is 1. The lowest BCUT2D eigenvalue weighted by atomic mass is 10.0. The summed E-state index contributed by atoms with van der Waals surface area (Å²) in [5, 5.41) is 1.94. The standard InChI is InChI=1S/C22H17FN2O3/c1-14(23)28-20-6-4-15(5-7-20)21(26)10-19-9-18-8-16(22-12-24-13-27-22)2-3-17(18)11-25-19/h2-9,11-14H,10H2,1H3. The van der Waals surface area contributed by atoms with Crippen LogP contribution in [0, 0.1) is 0 Å². The fraction of sp³-hybridized carbons (Fsp3) is 0.136. The first kappa shape index (κ1) is 17.9. The van der Waals surface area contributed by atoms with Gasteiger partial charge in [-0.2, -0.15) is 0 Å². The van der Waals surface area contributed by atoms with Gasteiger partial charge in [0.2, 0.25) is 6.36 Å². The molecule has 0 fully saturated rings. The van der Waals surface area contributed by atoms with Crippen LogP contribution < -0.4 is 4.74 Å². The maximum absolute atomic E-state index is 12.9. The number of hydrogen-bond donors (Lipinski definition) is 0. The molecule has 0 radical (unpaired) electrons. The molecule has 2 aromatic heterocycles. The molecule has 4 aromatic rings. The Morgan fingerprint density at radius 2 is 1.93 bits per heavy atom. The van der Waals surface area contributed by atoms with Crippen LogP contribution in [-0.4, -0.2) is 22.1 Å². The van der Waals surface area contributed by atoms with E-state index in [0.717, 1.165) is 16.3 Å². The fourth-order valence-electron chi connectivity index (χ4n) is 2.97. The summed E-state index contributed by atoms with van der Waals surface area (Å²) >= 11 is 0. The molecule has 0 amide bonds. The molecule has 6 heteroatoms. The highest BCUT2D eigenvalue weighted by molar-refractivity contribution is 5.98. The molecule has 2 aromatic carbocycles. The number of halogens is 1. The Balaban J connectivity index is 1.54. The van der Waals surface area contributed by atoms with E-state index in [-0.39, 0.29) is 12.2 Å². The van der Waals surface area contributed by atoms with Crippen LogP contribution in [0.2, 0.25) is 0 Å². The lowest BCUT2D eigenvalue weighted by Gasteiger charge is -2.08. The van der Waals surface area contributed by atoms with E-state index in [1.807, 2.05) is 24.3 Å². The molecule has 0 saturated heterocycles. The van der Waals surface area contributed by atoms with E-state index in [1.54, 1.807) is 36.7 Å². The zero-order valence-electron chi connectivity index (χ0n) is 15.1. The van der Waals surface area contributed by atoms with Crippen molar-refractivity contribution in [3.8, 4) is 17.1 Å². The van der Waals surface area contributed by atoms with Gasteiger partial charge in [-0.05, 0) is 41.8 Å². The van der Waals surface area contributed by atoms with Crippen LogP contribution in [0.1, 0.15) is 23.0 Å². The third-order valence-electron chi connectivity index (χ3n) is 4.31. The van der Waals surface area contributed by atoms with Crippen molar-refractivity contribution in [3.63, 3.8) is 0 Å². The summed E-state index contributed by atoms with van der Waals surface area (Å²) in [7, 11) is 0. The summed E-state index contributed by atoms with van der Waals surface area (Å²) in [6, 6.07) is 14.2. The van der Waals surface area contributed by atoms with E-state index in [4.69, 9.17) is 9.15 Å². The van der Waals surface area contributed by atoms with Gasteiger partial charge in [0.05, 0.1) is 12.6 Å². The number of ketones is 1. The van der Waals surface area contributed by atoms with E-state index in [1.165, 1.54) is 13.3 Å². The van der Waals surface area contributed by atoms with Crippen molar-refractivity contribution in [2.75, 3.05) is 0 Å². The second-order valence-corrected chi connectivity index (χ2v) is 6.39. The average Bonchev–Trinajstić information content (AvgIpc) is 3.22. The lowest BCUT2D eigenvalue weighted by Crippen LogP contribution is -2.06. The van der Waals surface area contributed by atoms with Gasteiger partial charge < -0.3 is 9.15 Å². The largest absolute Gasteiger partial charge is 0.461 e. The minimum atomic E-state index is -1.40. The Morgan fingerprint density at radius 1 is 1.11 bits per heavy atom. The number of alkyl halides is 1. The van der Waals surface area contributed by atoms with Crippen molar-refractivity contribution in [3.05, 3.63) is 78.6 Å². The van der Waals surface area contributed by atoms with E-state index in [0.29, 0.717) is 22.8 Å². The number of Topliss-reactive ketones (excluding diaryl/α,β-unsaturated/α-hetero) is 1. The predicted octanol–water partition coefficient (Wildman–Crippen LogP) is 5.01.